The average molecular weight is 216 g/mol. The molecule has 0 aromatic carbocycles. The molecule has 1 heterocycles. The SMILES string of the molecule is CCCOCCN1CCOC(CNC)C1. The van der Waals surface area contributed by atoms with E-state index in [4.69, 9.17) is 9.47 Å². The van der Waals surface area contributed by atoms with E-state index in [1.54, 1.807) is 0 Å². The van der Waals surface area contributed by atoms with E-state index < -0.39 is 0 Å². The van der Waals surface area contributed by atoms with Gasteiger partial charge in [-0.1, -0.05) is 6.92 Å². The fraction of sp³-hybridized carbons (Fsp3) is 1.00. The van der Waals surface area contributed by atoms with E-state index in [2.05, 4.69) is 17.1 Å². The molecule has 1 N–H and O–H groups in total. The summed E-state index contributed by atoms with van der Waals surface area (Å²) in [5, 5.41) is 3.15. The molecule has 0 bridgehead atoms. The third kappa shape index (κ3) is 5.47. The number of likely N-dealkylation sites (N-methyl/N-ethyl adjacent to an activating group) is 1. The van der Waals surface area contributed by atoms with E-state index in [-0.39, 0.29) is 0 Å². The summed E-state index contributed by atoms with van der Waals surface area (Å²) in [6.45, 7) is 8.74. The maximum absolute atomic E-state index is 5.63. The van der Waals surface area contributed by atoms with Gasteiger partial charge in [0.05, 0.1) is 19.3 Å². The van der Waals surface area contributed by atoms with Gasteiger partial charge in [0.1, 0.15) is 0 Å². The molecular weight excluding hydrogens is 192 g/mol. The summed E-state index contributed by atoms with van der Waals surface area (Å²) >= 11 is 0. The molecule has 0 radical (unpaired) electrons. The van der Waals surface area contributed by atoms with Crippen molar-refractivity contribution in [3.8, 4) is 0 Å². The molecule has 1 rings (SSSR count). The maximum Gasteiger partial charge on any atom is 0.0826 e. The smallest absolute Gasteiger partial charge is 0.0826 e. The van der Waals surface area contributed by atoms with Crippen molar-refractivity contribution in [3.63, 3.8) is 0 Å². The Balaban J connectivity index is 2.07. The van der Waals surface area contributed by atoms with E-state index in [0.29, 0.717) is 6.10 Å². The van der Waals surface area contributed by atoms with Crippen LogP contribution in [-0.2, 0) is 9.47 Å². The Kier molecular flexibility index (Phi) is 6.92. The van der Waals surface area contributed by atoms with E-state index >= 15 is 0 Å². The lowest BCUT2D eigenvalue weighted by molar-refractivity contribution is -0.0341. The van der Waals surface area contributed by atoms with Crippen LogP contribution in [0.4, 0.5) is 0 Å². The highest BCUT2D eigenvalue weighted by Crippen LogP contribution is 2.03. The van der Waals surface area contributed by atoms with Gasteiger partial charge >= 0.3 is 0 Å². The van der Waals surface area contributed by atoms with Crippen LogP contribution in [0.3, 0.4) is 0 Å². The second-order valence-electron chi connectivity index (χ2n) is 3.96. The highest BCUT2D eigenvalue weighted by Gasteiger charge is 2.18. The summed E-state index contributed by atoms with van der Waals surface area (Å²) in [4.78, 5) is 2.42. The van der Waals surface area contributed by atoms with Crippen molar-refractivity contribution in [1.82, 2.24) is 10.2 Å². The molecule has 1 saturated heterocycles. The molecule has 1 fully saturated rings. The molecule has 0 saturated carbocycles. The zero-order valence-corrected chi connectivity index (χ0v) is 10.00. The Bertz CT molecular complexity index is 154. The minimum atomic E-state index is 0.343. The first-order chi connectivity index (χ1) is 7.36. The first-order valence-corrected chi connectivity index (χ1v) is 5.93. The number of morpholine rings is 1. The van der Waals surface area contributed by atoms with Crippen LogP contribution >= 0.6 is 0 Å². The Morgan fingerprint density at radius 3 is 3.07 bits per heavy atom. The van der Waals surface area contributed by atoms with Crippen molar-refractivity contribution in [2.75, 3.05) is 53.0 Å². The Morgan fingerprint density at radius 1 is 1.47 bits per heavy atom. The number of nitrogens with zero attached hydrogens (tertiary/aromatic N) is 1. The van der Waals surface area contributed by atoms with Crippen molar-refractivity contribution in [3.05, 3.63) is 0 Å². The van der Waals surface area contributed by atoms with Gasteiger partial charge in [-0.15, -0.1) is 0 Å². The van der Waals surface area contributed by atoms with Crippen molar-refractivity contribution in [2.24, 2.45) is 0 Å². The quantitative estimate of drug-likeness (QED) is 0.622. The number of rotatable bonds is 7. The van der Waals surface area contributed by atoms with Gasteiger partial charge in [-0.25, -0.2) is 0 Å². The van der Waals surface area contributed by atoms with Crippen LogP contribution < -0.4 is 5.32 Å². The number of hydrogen-bond donors (Lipinski definition) is 1. The average Bonchev–Trinajstić information content (AvgIpc) is 2.26. The molecule has 0 amide bonds. The standard InChI is InChI=1S/C11H24N2O2/c1-3-6-14-7-4-13-5-8-15-11(10-13)9-12-2/h11-12H,3-10H2,1-2H3. The van der Waals surface area contributed by atoms with Crippen LogP contribution in [-0.4, -0.2) is 64.1 Å². The van der Waals surface area contributed by atoms with Gasteiger partial charge in [-0.2, -0.15) is 0 Å². The zero-order valence-electron chi connectivity index (χ0n) is 10.00. The molecule has 1 unspecified atom stereocenters. The van der Waals surface area contributed by atoms with Crippen molar-refractivity contribution in [1.29, 1.82) is 0 Å². The second kappa shape index (κ2) is 8.05. The molecule has 0 spiro atoms. The van der Waals surface area contributed by atoms with E-state index in [9.17, 15) is 0 Å². The minimum Gasteiger partial charge on any atom is -0.380 e. The predicted octanol–water partition coefficient (Wildman–Crippen LogP) is 0.333. The van der Waals surface area contributed by atoms with Crippen LogP contribution in [0, 0.1) is 0 Å². The Labute approximate surface area is 92.9 Å². The Morgan fingerprint density at radius 2 is 2.33 bits per heavy atom. The number of nitrogens with one attached hydrogen (secondary N) is 1. The lowest BCUT2D eigenvalue weighted by atomic mass is 10.2. The molecule has 4 heteroatoms. The summed E-state index contributed by atoms with van der Waals surface area (Å²) in [6.07, 6.45) is 1.45. The fourth-order valence-electron chi connectivity index (χ4n) is 1.77. The minimum absolute atomic E-state index is 0.343. The van der Waals surface area contributed by atoms with Crippen LogP contribution in [0.5, 0.6) is 0 Å². The van der Waals surface area contributed by atoms with Crippen molar-refractivity contribution >= 4 is 0 Å². The lowest BCUT2D eigenvalue weighted by Gasteiger charge is -2.32. The van der Waals surface area contributed by atoms with Gasteiger partial charge in [0.2, 0.25) is 0 Å². The van der Waals surface area contributed by atoms with Gasteiger partial charge in [-0.3, -0.25) is 4.90 Å². The zero-order chi connectivity index (χ0) is 10.9. The number of ether oxygens (including phenoxy) is 2. The fourth-order valence-corrected chi connectivity index (χ4v) is 1.77. The molecule has 1 aliphatic heterocycles. The summed E-state index contributed by atoms with van der Waals surface area (Å²) in [6, 6.07) is 0. The predicted molar refractivity (Wildman–Crippen MR) is 61.2 cm³/mol. The molecular formula is C11H24N2O2. The van der Waals surface area contributed by atoms with Crippen LogP contribution in [0.1, 0.15) is 13.3 Å². The highest BCUT2D eigenvalue weighted by molar-refractivity contribution is 4.72. The largest absolute Gasteiger partial charge is 0.380 e. The summed E-state index contributed by atoms with van der Waals surface area (Å²) in [5.41, 5.74) is 0. The third-order valence-corrected chi connectivity index (χ3v) is 2.56. The van der Waals surface area contributed by atoms with E-state index in [1.165, 1.54) is 0 Å². The number of hydrogen-bond acceptors (Lipinski definition) is 4. The van der Waals surface area contributed by atoms with E-state index in [1.807, 2.05) is 7.05 Å². The van der Waals surface area contributed by atoms with Gasteiger partial charge in [-0.05, 0) is 13.5 Å². The van der Waals surface area contributed by atoms with Crippen LogP contribution in [0.25, 0.3) is 0 Å². The molecule has 90 valence electrons. The highest BCUT2D eigenvalue weighted by atomic mass is 16.5. The normalized spacial score (nSPS) is 23.2. The summed E-state index contributed by atoms with van der Waals surface area (Å²) in [5.74, 6) is 0. The molecule has 0 aliphatic carbocycles. The van der Waals surface area contributed by atoms with Gasteiger partial charge in [0.25, 0.3) is 0 Å². The second-order valence-corrected chi connectivity index (χ2v) is 3.96. The van der Waals surface area contributed by atoms with Crippen molar-refractivity contribution in [2.45, 2.75) is 19.4 Å². The topological polar surface area (TPSA) is 33.7 Å². The molecule has 4 nitrogen and oxygen atoms in total. The van der Waals surface area contributed by atoms with Crippen LogP contribution in [0.2, 0.25) is 0 Å². The van der Waals surface area contributed by atoms with Gasteiger partial charge in [0.15, 0.2) is 0 Å². The van der Waals surface area contributed by atoms with Crippen LogP contribution in [0.15, 0.2) is 0 Å². The molecule has 1 aliphatic rings. The first-order valence-electron chi connectivity index (χ1n) is 5.93. The van der Waals surface area contributed by atoms with Crippen molar-refractivity contribution < 1.29 is 9.47 Å². The molecule has 1 atom stereocenters. The third-order valence-electron chi connectivity index (χ3n) is 2.56. The van der Waals surface area contributed by atoms with Gasteiger partial charge in [0, 0.05) is 32.8 Å². The molecule has 0 aromatic heterocycles. The maximum atomic E-state index is 5.63. The summed E-state index contributed by atoms with van der Waals surface area (Å²) < 4.78 is 11.1. The molecule has 0 aromatic rings. The monoisotopic (exact) mass is 216 g/mol. The van der Waals surface area contributed by atoms with Gasteiger partial charge < -0.3 is 14.8 Å². The lowest BCUT2D eigenvalue weighted by Crippen LogP contribution is -2.47. The molecule has 15 heavy (non-hydrogen) atoms. The summed E-state index contributed by atoms with van der Waals surface area (Å²) in [7, 11) is 1.96. The first kappa shape index (κ1) is 12.9. The Hall–Kier alpha value is -0.160. The van der Waals surface area contributed by atoms with E-state index in [0.717, 1.165) is 52.4 Å².